The van der Waals surface area contributed by atoms with Crippen LogP contribution in [0.3, 0.4) is 0 Å². The van der Waals surface area contributed by atoms with Gasteiger partial charge in [-0.25, -0.2) is 0 Å². The van der Waals surface area contributed by atoms with E-state index in [1.165, 1.54) is 19.3 Å². The highest BCUT2D eigenvalue weighted by Crippen LogP contribution is 2.29. The number of ether oxygens (including phenoxy) is 1. The minimum absolute atomic E-state index is 0.0960. The van der Waals surface area contributed by atoms with Crippen molar-refractivity contribution >= 4 is 5.97 Å². The maximum Gasteiger partial charge on any atom is 0.323 e. The number of hydrogen-bond acceptors (Lipinski definition) is 3. The number of nitrogens with one attached hydrogen (secondary N) is 1. The van der Waals surface area contributed by atoms with Gasteiger partial charge in [0.15, 0.2) is 0 Å². The van der Waals surface area contributed by atoms with Crippen molar-refractivity contribution in [1.29, 1.82) is 0 Å². The van der Waals surface area contributed by atoms with Crippen LogP contribution in [-0.4, -0.2) is 24.7 Å². The van der Waals surface area contributed by atoms with Gasteiger partial charge in [-0.05, 0) is 44.4 Å². The Morgan fingerprint density at radius 1 is 1.29 bits per heavy atom. The van der Waals surface area contributed by atoms with E-state index in [1.54, 1.807) is 0 Å². The molecule has 100 valence electrons. The summed E-state index contributed by atoms with van der Waals surface area (Å²) in [6.45, 7) is 8.99. The standard InChI is InChI=1S/C14H27NO2/c1-5-13(14(16)17-6-2)15-12-8-7-10(3)11(4)9-12/h10-13,15H,5-9H2,1-4H3. The van der Waals surface area contributed by atoms with Crippen LogP contribution in [-0.2, 0) is 9.53 Å². The molecule has 0 bridgehead atoms. The van der Waals surface area contributed by atoms with Crippen molar-refractivity contribution in [2.75, 3.05) is 6.61 Å². The molecule has 4 unspecified atom stereocenters. The molecule has 1 aliphatic rings. The van der Waals surface area contributed by atoms with Crippen LogP contribution in [0.2, 0.25) is 0 Å². The average Bonchev–Trinajstić information content (AvgIpc) is 2.30. The zero-order valence-corrected chi connectivity index (χ0v) is 11.7. The summed E-state index contributed by atoms with van der Waals surface area (Å²) in [6, 6.07) is 0.358. The van der Waals surface area contributed by atoms with E-state index in [4.69, 9.17) is 4.74 Å². The maximum absolute atomic E-state index is 11.7. The molecule has 0 aromatic heterocycles. The molecule has 4 atom stereocenters. The maximum atomic E-state index is 11.7. The van der Waals surface area contributed by atoms with Gasteiger partial charge in [-0.15, -0.1) is 0 Å². The second-order valence-corrected chi connectivity index (χ2v) is 5.34. The molecule has 0 aromatic carbocycles. The van der Waals surface area contributed by atoms with Crippen molar-refractivity contribution in [1.82, 2.24) is 5.32 Å². The van der Waals surface area contributed by atoms with Gasteiger partial charge in [-0.3, -0.25) is 4.79 Å². The zero-order valence-electron chi connectivity index (χ0n) is 11.7. The van der Waals surface area contributed by atoms with Gasteiger partial charge in [-0.1, -0.05) is 20.8 Å². The Morgan fingerprint density at radius 3 is 2.53 bits per heavy atom. The van der Waals surface area contributed by atoms with Crippen LogP contribution in [0.25, 0.3) is 0 Å². The largest absolute Gasteiger partial charge is 0.465 e. The zero-order chi connectivity index (χ0) is 12.8. The third kappa shape index (κ3) is 4.30. The first-order valence-electron chi connectivity index (χ1n) is 7.01. The van der Waals surface area contributed by atoms with E-state index < -0.39 is 0 Å². The third-order valence-electron chi connectivity index (χ3n) is 4.01. The molecule has 0 aliphatic heterocycles. The molecule has 3 heteroatoms. The van der Waals surface area contributed by atoms with Gasteiger partial charge in [0.1, 0.15) is 6.04 Å². The molecule has 0 radical (unpaired) electrons. The Morgan fingerprint density at radius 2 is 2.00 bits per heavy atom. The topological polar surface area (TPSA) is 38.3 Å². The highest BCUT2D eigenvalue weighted by Gasteiger charge is 2.28. The Hall–Kier alpha value is -0.570. The molecular weight excluding hydrogens is 214 g/mol. The molecule has 0 spiro atoms. The van der Waals surface area contributed by atoms with E-state index in [-0.39, 0.29) is 12.0 Å². The first kappa shape index (κ1) is 14.5. The van der Waals surface area contributed by atoms with Crippen LogP contribution in [0.1, 0.15) is 53.4 Å². The summed E-state index contributed by atoms with van der Waals surface area (Å²) in [4.78, 5) is 11.7. The van der Waals surface area contributed by atoms with Gasteiger partial charge in [0, 0.05) is 6.04 Å². The summed E-state index contributed by atoms with van der Waals surface area (Å²) in [5, 5.41) is 3.47. The van der Waals surface area contributed by atoms with Gasteiger partial charge in [0.25, 0.3) is 0 Å². The van der Waals surface area contributed by atoms with Crippen LogP contribution in [0, 0.1) is 11.8 Å². The molecular formula is C14H27NO2. The van der Waals surface area contributed by atoms with Crippen LogP contribution >= 0.6 is 0 Å². The molecule has 1 aliphatic carbocycles. The summed E-state index contributed by atoms with van der Waals surface area (Å²) < 4.78 is 5.08. The van der Waals surface area contributed by atoms with Crippen molar-refractivity contribution in [2.24, 2.45) is 11.8 Å². The fourth-order valence-corrected chi connectivity index (χ4v) is 2.58. The van der Waals surface area contributed by atoms with E-state index in [2.05, 4.69) is 19.2 Å². The second-order valence-electron chi connectivity index (χ2n) is 5.34. The average molecular weight is 241 g/mol. The number of hydrogen-bond donors (Lipinski definition) is 1. The van der Waals surface area contributed by atoms with Crippen LogP contribution < -0.4 is 5.32 Å². The van der Waals surface area contributed by atoms with E-state index in [9.17, 15) is 4.79 Å². The fraction of sp³-hybridized carbons (Fsp3) is 0.929. The summed E-state index contributed by atoms with van der Waals surface area (Å²) in [6.07, 6.45) is 4.43. The van der Waals surface area contributed by atoms with Crippen LogP contribution in [0.15, 0.2) is 0 Å². The van der Waals surface area contributed by atoms with Crippen molar-refractivity contribution in [3.05, 3.63) is 0 Å². The van der Waals surface area contributed by atoms with Gasteiger partial charge in [0.05, 0.1) is 6.61 Å². The van der Waals surface area contributed by atoms with Gasteiger partial charge in [0.2, 0.25) is 0 Å². The SMILES string of the molecule is CCOC(=O)C(CC)NC1CCC(C)C(C)C1. The lowest BCUT2D eigenvalue weighted by Crippen LogP contribution is -2.46. The fourth-order valence-electron chi connectivity index (χ4n) is 2.58. The van der Waals surface area contributed by atoms with Crippen LogP contribution in [0.5, 0.6) is 0 Å². The normalized spacial score (nSPS) is 30.9. The molecule has 1 rings (SSSR count). The predicted octanol–water partition coefficient (Wildman–Crippen LogP) is 2.74. The third-order valence-corrected chi connectivity index (χ3v) is 4.01. The molecule has 1 fully saturated rings. The van der Waals surface area contributed by atoms with Crippen molar-refractivity contribution in [3.63, 3.8) is 0 Å². The van der Waals surface area contributed by atoms with E-state index >= 15 is 0 Å². The minimum Gasteiger partial charge on any atom is -0.465 e. The lowest BCUT2D eigenvalue weighted by atomic mass is 9.79. The van der Waals surface area contributed by atoms with Gasteiger partial charge >= 0.3 is 5.97 Å². The van der Waals surface area contributed by atoms with E-state index in [1.807, 2.05) is 13.8 Å². The number of esters is 1. The molecule has 0 amide bonds. The van der Waals surface area contributed by atoms with Crippen molar-refractivity contribution in [2.45, 2.75) is 65.5 Å². The molecule has 1 saturated carbocycles. The lowest BCUT2D eigenvalue weighted by Gasteiger charge is -2.34. The minimum atomic E-state index is -0.124. The number of carbonyl (C=O) groups excluding carboxylic acids is 1. The van der Waals surface area contributed by atoms with E-state index in [0.717, 1.165) is 18.3 Å². The first-order valence-corrected chi connectivity index (χ1v) is 7.01. The predicted molar refractivity (Wildman–Crippen MR) is 69.8 cm³/mol. The van der Waals surface area contributed by atoms with Gasteiger partial charge < -0.3 is 10.1 Å². The number of rotatable bonds is 5. The number of carbonyl (C=O) groups is 1. The summed E-state index contributed by atoms with van der Waals surface area (Å²) in [5.41, 5.74) is 0. The molecule has 0 saturated heterocycles. The molecule has 3 nitrogen and oxygen atoms in total. The summed E-state index contributed by atoms with van der Waals surface area (Å²) in [5.74, 6) is 1.47. The molecule has 0 heterocycles. The monoisotopic (exact) mass is 241 g/mol. The van der Waals surface area contributed by atoms with Gasteiger partial charge in [-0.2, -0.15) is 0 Å². The molecule has 0 aromatic rings. The Bertz CT molecular complexity index is 242. The Balaban J connectivity index is 2.43. The highest BCUT2D eigenvalue weighted by molar-refractivity contribution is 5.75. The molecule has 1 N–H and O–H groups in total. The van der Waals surface area contributed by atoms with E-state index in [0.29, 0.717) is 12.6 Å². The van der Waals surface area contributed by atoms with Crippen molar-refractivity contribution in [3.8, 4) is 0 Å². The first-order chi connectivity index (χ1) is 8.08. The smallest absolute Gasteiger partial charge is 0.323 e. The lowest BCUT2D eigenvalue weighted by molar-refractivity contribution is -0.146. The van der Waals surface area contributed by atoms with Crippen molar-refractivity contribution < 1.29 is 9.53 Å². The second kappa shape index (κ2) is 7.00. The van der Waals surface area contributed by atoms with Crippen LogP contribution in [0.4, 0.5) is 0 Å². The highest BCUT2D eigenvalue weighted by atomic mass is 16.5. The summed E-state index contributed by atoms with van der Waals surface area (Å²) in [7, 11) is 0. The Kier molecular flexibility index (Phi) is 5.96. The quantitative estimate of drug-likeness (QED) is 0.752. The Labute approximate surface area is 105 Å². The molecule has 17 heavy (non-hydrogen) atoms. The summed E-state index contributed by atoms with van der Waals surface area (Å²) >= 11 is 0.